The normalized spacial score (nSPS) is 10.3. The second-order valence-electron chi connectivity index (χ2n) is 4.23. The van der Waals surface area contributed by atoms with Crippen molar-refractivity contribution in [2.24, 2.45) is 0 Å². The lowest BCUT2D eigenvalue weighted by atomic mass is 10.1. The van der Waals surface area contributed by atoms with E-state index in [2.05, 4.69) is 0 Å². The molecule has 0 saturated heterocycles. The van der Waals surface area contributed by atoms with E-state index in [0.29, 0.717) is 5.69 Å². The predicted molar refractivity (Wildman–Crippen MR) is 72.2 cm³/mol. The minimum absolute atomic E-state index is 0.0446. The Morgan fingerprint density at radius 1 is 1.20 bits per heavy atom. The van der Waals surface area contributed by atoms with E-state index in [-0.39, 0.29) is 16.9 Å². The molecule has 0 spiro atoms. The lowest BCUT2D eigenvalue weighted by Crippen LogP contribution is -2.13. The Hall–Kier alpha value is -2.63. The van der Waals surface area contributed by atoms with E-state index in [1.165, 1.54) is 29.2 Å². The SMILES string of the molecule is CN(c1ccc(F)cc1)c1cc(C(=O)O)c(N)cc1F. The molecule has 0 fully saturated rings. The molecular formula is C14H12F2N2O2. The molecule has 20 heavy (non-hydrogen) atoms. The highest BCUT2D eigenvalue weighted by Crippen LogP contribution is 2.30. The number of aromatic carboxylic acids is 1. The molecule has 3 N–H and O–H groups in total. The molecule has 2 rings (SSSR count). The number of hydrogen-bond donors (Lipinski definition) is 2. The summed E-state index contributed by atoms with van der Waals surface area (Å²) in [7, 11) is 1.55. The number of carboxylic acid groups (broad SMARTS) is 1. The van der Waals surface area contributed by atoms with Gasteiger partial charge in [-0.25, -0.2) is 13.6 Å². The number of nitrogen functional groups attached to an aromatic ring is 1. The molecular weight excluding hydrogens is 266 g/mol. The van der Waals surface area contributed by atoms with Gasteiger partial charge in [-0.15, -0.1) is 0 Å². The highest BCUT2D eigenvalue weighted by atomic mass is 19.1. The molecule has 0 radical (unpaired) electrons. The van der Waals surface area contributed by atoms with Crippen molar-refractivity contribution in [3.63, 3.8) is 0 Å². The summed E-state index contributed by atoms with van der Waals surface area (Å²) in [5.74, 6) is -2.30. The quantitative estimate of drug-likeness (QED) is 0.847. The van der Waals surface area contributed by atoms with Gasteiger partial charge in [0.1, 0.15) is 11.6 Å². The van der Waals surface area contributed by atoms with Crippen LogP contribution in [0.3, 0.4) is 0 Å². The summed E-state index contributed by atoms with van der Waals surface area (Å²) < 4.78 is 26.8. The van der Waals surface area contributed by atoms with E-state index < -0.39 is 17.6 Å². The highest BCUT2D eigenvalue weighted by Gasteiger charge is 2.16. The van der Waals surface area contributed by atoms with Crippen molar-refractivity contribution >= 4 is 23.0 Å². The third-order valence-corrected chi connectivity index (χ3v) is 2.92. The molecule has 0 aromatic heterocycles. The topological polar surface area (TPSA) is 66.6 Å². The number of nitrogens with two attached hydrogens (primary N) is 1. The molecule has 104 valence electrons. The zero-order valence-corrected chi connectivity index (χ0v) is 10.6. The zero-order valence-electron chi connectivity index (χ0n) is 10.6. The van der Waals surface area contributed by atoms with Crippen LogP contribution in [0.4, 0.5) is 25.8 Å². The number of rotatable bonds is 3. The third-order valence-electron chi connectivity index (χ3n) is 2.92. The zero-order chi connectivity index (χ0) is 14.9. The fourth-order valence-corrected chi connectivity index (χ4v) is 1.82. The molecule has 0 bridgehead atoms. The molecule has 0 amide bonds. The molecule has 2 aromatic rings. The molecule has 0 saturated carbocycles. The van der Waals surface area contributed by atoms with Crippen LogP contribution < -0.4 is 10.6 Å². The monoisotopic (exact) mass is 278 g/mol. The van der Waals surface area contributed by atoms with Crippen LogP contribution in [0.1, 0.15) is 10.4 Å². The van der Waals surface area contributed by atoms with Gasteiger partial charge in [0, 0.05) is 18.4 Å². The molecule has 0 aliphatic heterocycles. The molecule has 2 aromatic carbocycles. The average Bonchev–Trinajstić information content (AvgIpc) is 2.38. The summed E-state index contributed by atoms with van der Waals surface area (Å²) in [6.07, 6.45) is 0. The first-order valence-corrected chi connectivity index (χ1v) is 5.71. The summed E-state index contributed by atoms with van der Waals surface area (Å²) in [5, 5.41) is 9.00. The van der Waals surface area contributed by atoms with E-state index in [9.17, 15) is 13.6 Å². The summed E-state index contributed by atoms with van der Waals surface area (Å²) in [4.78, 5) is 12.4. The standard InChI is InChI=1S/C14H12F2N2O2/c1-18(9-4-2-8(15)3-5-9)13-6-10(14(19)20)12(17)7-11(13)16/h2-7H,17H2,1H3,(H,19,20). The first kappa shape index (κ1) is 13.8. The van der Waals surface area contributed by atoms with Crippen LogP contribution in [0.15, 0.2) is 36.4 Å². The Kier molecular flexibility index (Phi) is 3.56. The van der Waals surface area contributed by atoms with Crippen molar-refractivity contribution < 1.29 is 18.7 Å². The average molecular weight is 278 g/mol. The maximum Gasteiger partial charge on any atom is 0.337 e. The summed E-state index contributed by atoms with van der Waals surface area (Å²) in [5.41, 5.74) is 5.69. The number of anilines is 3. The van der Waals surface area contributed by atoms with Crippen molar-refractivity contribution in [2.45, 2.75) is 0 Å². The first-order chi connectivity index (χ1) is 9.40. The largest absolute Gasteiger partial charge is 0.478 e. The minimum Gasteiger partial charge on any atom is -0.478 e. The van der Waals surface area contributed by atoms with Crippen LogP contribution in [0.2, 0.25) is 0 Å². The van der Waals surface area contributed by atoms with E-state index >= 15 is 0 Å². The number of carboxylic acids is 1. The van der Waals surface area contributed by atoms with Gasteiger partial charge in [-0.05, 0) is 36.4 Å². The molecule has 4 nitrogen and oxygen atoms in total. The summed E-state index contributed by atoms with van der Waals surface area (Å²) in [6, 6.07) is 7.50. The van der Waals surface area contributed by atoms with Crippen LogP contribution in [-0.2, 0) is 0 Å². The second-order valence-corrected chi connectivity index (χ2v) is 4.23. The van der Waals surface area contributed by atoms with Crippen molar-refractivity contribution in [3.8, 4) is 0 Å². The van der Waals surface area contributed by atoms with Gasteiger partial charge in [0.05, 0.1) is 11.3 Å². The van der Waals surface area contributed by atoms with Gasteiger partial charge in [0.25, 0.3) is 0 Å². The van der Waals surface area contributed by atoms with Crippen LogP contribution in [0.25, 0.3) is 0 Å². The smallest absolute Gasteiger partial charge is 0.337 e. The van der Waals surface area contributed by atoms with Crippen LogP contribution in [0, 0.1) is 11.6 Å². The van der Waals surface area contributed by atoms with E-state index in [1.807, 2.05) is 0 Å². The van der Waals surface area contributed by atoms with Gasteiger partial charge >= 0.3 is 5.97 Å². The molecule has 0 aliphatic rings. The second kappa shape index (κ2) is 5.16. The number of benzene rings is 2. The maximum atomic E-state index is 13.9. The summed E-state index contributed by atoms with van der Waals surface area (Å²) >= 11 is 0. The van der Waals surface area contributed by atoms with Gasteiger partial charge in [-0.2, -0.15) is 0 Å². The summed E-state index contributed by atoms with van der Waals surface area (Å²) in [6.45, 7) is 0. The van der Waals surface area contributed by atoms with Gasteiger partial charge in [0.2, 0.25) is 0 Å². The molecule has 0 aliphatic carbocycles. The highest BCUT2D eigenvalue weighted by molar-refractivity contribution is 5.95. The number of hydrogen-bond acceptors (Lipinski definition) is 3. The molecule has 6 heteroatoms. The number of halogens is 2. The Labute approximate surface area is 114 Å². The number of nitrogens with zero attached hydrogens (tertiary/aromatic N) is 1. The lowest BCUT2D eigenvalue weighted by molar-refractivity contribution is 0.0698. The van der Waals surface area contributed by atoms with E-state index in [4.69, 9.17) is 10.8 Å². The van der Waals surface area contributed by atoms with Gasteiger partial charge in [-0.3, -0.25) is 0 Å². The van der Waals surface area contributed by atoms with Gasteiger partial charge in [-0.1, -0.05) is 0 Å². The lowest BCUT2D eigenvalue weighted by Gasteiger charge is -2.21. The Balaban J connectivity index is 2.48. The van der Waals surface area contributed by atoms with E-state index in [0.717, 1.165) is 12.1 Å². The third kappa shape index (κ3) is 2.54. The van der Waals surface area contributed by atoms with Crippen LogP contribution >= 0.6 is 0 Å². The first-order valence-electron chi connectivity index (χ1n) is 5.71. The maximum absolute atomic E-state index is 13.9. The van der Waals surface area contributed by atoms with Crippen molar-refractivity contribution in [2.75, 3.05) is 17.7 Å². The number of carbonyl (C=O) groups is 1. The Morgan fingerprint density at radius 2 is 1.80 bits per heavy atom. The molecule has 0 atom stereocenters. The van der Waals surface area contributed by atoms with Crippen molar-refractivity contribution in [1.82, 2.24) is 0 Å². The van der Waals surface area contributed by atoms with Gasteiger partial charge in [0.15, 0.2) is 0 Å². The fraction of sp³-hybridized carbons (Fsp3) is 0.0714. The van der Waals surface area contributed by atoms with Crippen LogP contribution in [0.5, 0.6) is 0 Å². The van der Waals surface area contributed by atoms with Crippen LogP contribution in [-0.4, -0.2) is 18.1 Å². The molecule has 0 unspecified atom stereocenters. The van der Waals surface area contributed by atoms with E-state index in [1.54, 1.807) is 7.05 Å². The Morgan fingerprint density at radius 3 is 2.35 bits per heavy atom. The van der Waals surface area contributed by atoms with Crippen molar-refractivity contribution in [1.29, 1.82) is 0 Å². The molecule has 0 heterocycles. The Bertz CT molecular complexity index is 657. The van der Waals surface area contributed by atoms with Crippen molar-refractivity contribution in [3.05, 3.63) is 53.6 Å². The fourth-order valence-electron chi connectivity index (χ4n) is 1.82. The predicted octanol–water partition coefficient (Wildman–Crippen LogP) is 3.01. The van der Waals surface area contributed by atoms with Gasteiger partial charge < -0.3 is 15.7 Å². The minimum atomic E-state index is -1.24.